The molecule has 0 radical (unpaired) electrons. The van der Waals surface area contributed by atoms with Crippen LogP contribution >= 0.6 is 0 Å². The van der Waals surface area contributed by atoms with Crippen LogP contribution in [0.2, 0.25) is 0 Å². The summed E-state index contributed by atoms with van der Waals surface area (Å²) in [6, 6.07) is 7.40. The molecule has 1 aromatic rings. The molecule has 148 valence electrons. The molecule has 0 bridgehead atoms. The Hall–Kier alpha value is -2.42. The van der Waals surface area contributed by atoms with Gasteiger partial charge in [0, 0.05) is 33.5 Å². The Morgan fingerprint density at radius 2 is 1.81 bits per heavy atom. The molecule has 3 amide bonds. The summed E-state index contributed by atoms with van der Waals surface area (Å²) in [5.74, 6) is -0.871. The van der Waals surface area contributed by atoms with Crippen molar-refractivity contribution >= 4 is 27.6 Å². The molecule has 1 aliphatic heterocycles. The van der Waals surface area contributed by atoms with Gasteiger partial charge in [0.25, 0.3) is 0 Å². The van der Waals surface area contributed by atoms with Crippen molar-refractivity contribution in [2.24, 2.45) is 0 Å². The monoisotopic (exact) mass is 395 g/mol. The summed E-state index contributed by atoms with van der Waals surface area (Å²) in [4.78, 5) is 39.4. The molecule has 0 unspecified atom stereocenters. The van der Waals surface area contributed by atoms with E-state index in [1.807, 2.05) is 0 Å². The minimum Gasteiger partial charge on any atom is -0.357 e. The van der Waals surface area contributed by atoms with Crippen molar-refractivity contribution in [3.63, 3.8) is 0 Å². The Kier molecular flexibility index (Phi) is 6.95. The van der Waals surface area contributed by atoms with E-state index in [2.05, 4.69) is 5.32 Å². The number of likely N-dealkylation sites (N-methyl/N-ethyl adjacent to an activating group) is 1. The number of hydrogen-bond donors (Lipinski definition) is 1. The van der Waals surface area contributed by atoms with Gasteiger partial charge in [-0.3, -0.25) is 14.4 Å². The van der Waals surface area contributed by atoms with Crippen LogP contribution in [0.5, 0.6) is 0 Å². The summed E-state index contributed by atoms with van der Waals surface area (Å²) >= 11 is 0. The maximum absolute atomic E-state index is 12.4. The van der Waals surface area contributed by atoms with Crippen LogP contribution in [0.15, 0.2) is 35.2 Å². The Bertz CT molecular complexity index is 794. The maximum atomic E-state index is 12.4. The first-order valence-electron chi connectivity index (χ1n) is 8.80. The number of hydrogen-bond acceptors (Lipinski definition) is 5. The lowest BCUT2D eigenvalue weighted by molar-refractivity contribution is -0.147. The van der Waals surface area contributed by atoms with E-state index >= 15 is 0 Å². The third kappa shape index (κ3) is 5.29. The summed E-state index contributed by atoms with van der Waals surface area (Å²) < 4.78 is 24.5. The molecule has 0 spiro atoms. The lowest BCUT2D eigenvalue weighted by atomic mass is 10.1. The first-order chi connectivity index (χ1) is 12.8. The number of rotatable bonds is 6. The number of carbonyl (C=O) groups excluding carboxylic acids is 3. The highest BCUT2D eigenvalue weighted by Gasteiger charge is 2.35. The number of sulfone groups is 1. The summed E-state index contributed by atoms with van der Waals surface area (Å²) in [6.45, 7) is 2.12. The fraction of sp³-hybridized carbons (Fsp3) is 0.500. The second-order valence-electron chi connectivity index (χ2n) is 6.42. The van der Waals surface area contributed by atoms with E-state index in [1.54, 1.807) is 18.2 Å². The van der Waals surface area contributed by atoms with Gasteiger partial charge in [-0.2, -0.15) is 0 Å². The van der Waals surface area contributed by atoms with E-state index in [4.69, 9.17) is 0 Å². The molecular formula is C18H25N3O5S. The van der Waals surface area contributed by atoms with Crippen LogP contribution in [0, 0.1) is 0 Å². The Morgan fingerprint density at radius 1 is 1.15 bits per heavy atom. The number of nitrogens with one attached hydrogen (secondary N) is 1. The standard InChI is InChI=1S/C18H25N3O5S/c1-14(22)21-11-10-20(13-16(21)18(24)19-2)17(23)9-6-12-27(25,26)15-7-4-3-5-8-15/h3-5,7-8,16H,6,9-13H2,1-2H3,(H,19,24)/t16-/m1/s1. The molecule has 1 fully saturated rings. The molecule has 0 saturated carbocycles. The van der Waals surface area contributed by atoms with Gasteiger partial charge >= 0.3 is 0 Å². The average Bonchev–Trinajstić information content (AvgIpc) is 2.67. The number of carbonyl (C=O) groups is 3. The molecule has 1 atom stereocenters. The van der Waals surface area contributed by atoms with Gasteiger partial charge in [0.05, 0.1) is 17.2 Å². The molecule has 9 heteroatoms. The van der Waals surface area contributed by atoms with Gasteiger partial charge in [-0.1, -0.05) is 18.2 Å². The van der Waals surface area contributed by atoms with Gasteiger partial charge in [0.1, 0.15) is 6.04 Å². The zero-order chi connectivity index (χ0) is 20.0. The van der Waals surface area contributed by atoms with Crippen molar-refractivity contribution in [2.75, 3.05) is 32.4 Å². The van der Waals surface area contributed by atoms with Crippen LogP contribution in [0.3, 0.4) is 0 Å². The summed E-state index contributed by atoms with van der Waals surface area (Å²) in [5.41, 5.74) is 0. The van der Waals surface area contributed by atoms with Gasteiger partial charge in [-0.15, -0.1) is 0 Å². The molecule has 0 aliphatic carbocycles. The molecule has 1 aromatic carbocycles. The minimum absolute atomic E-state index is 0.0760. The summed E-state index contributed by atoms with van der Waals surface area (Å²) in [6.07, 6.45) is 0.278. The normalized spacial score (nSPS) is 17.5. The Morgan fingerprint density at radius 3 is 2.41 bits per heavy atom. The van der Waals surface area contributed by atoms with Gasteiger partial charge in [0.2, 0.25) is 17.7 Å². The SMILES string of the molecule is CNC(=O)[C@H]1CN(C(=O)CCCS(=O)(=O)c2ccccc2)CCN1C(C)=O. The number of benzene rings is 1. The van der Waals surface area contributed by atoms with Crippen LogP contribution in [0.1, 0.15) is 19.8 Å². The molecule has 1 heterocycles. The molecule has 0 aromatic heterocycles. The van der Waals surface area contributed by atoms with Crippen LogP contribution in [-0.4, -0.2) is 74.4 Å². The van der Waals surface area contributed by atoms with Crippen LogP contribution < -0.4 is 5.32 Å². The fourth-order valence-electron chi connectivity index (χ4n) is 3.09. The van der Waals surface area contributed by atoms with Crippen molar-refractivity contribution < 1.29 is 22.8 Å². The van der Waals surface area contributed by atoms with Crippen LogP contribution in [0.25, 0.3) is 0 Å². The largest absolute Gasteiger partial charge is 0.357 e. The smallest absolute Gasteiger partial charge is 0.244 e. The van der Waals surface area contributed by atoms with Crippen molar-refractivity contribution in [2.45, 2.75) is 30.7 Å². The molecule has 1 aliphatic rings. The first-order valence-corrected chi connectivity index (χ1v) is 10.5. The highest BCUT2D eigenvalue weighted by molar-refractivity contribution is 7.91. The molecule has 27 heavy (non-hydrogen) atoms. The number of piperazine rings is 1. The van der Waals surface area contributed by atoms with Crippen molar-refractivity contribution in [1.29, 1.82) is 0 Å². The minimum atomic E-state index is -3.42. The lowest BCUT2D eigenvalue weighted by Gasteiger charge is -2.40. The van der Waals surface area contributed by atoms with Gasteiger partial charge in [-0.05, 0) is 18.6 Å². The number of amides is 3. The van der Waals surface area contributed by atoms with E-state index < -0.39 is 15.9 Å². The zero-order valence-corrected chi connectivity index (χ0v) is 16.4. The van der Waals surface area contributed by atoms with E-state index in [-0.39, 0.29) is 54.3 Å². The van der Waals surface area contributed by atoms with E-state index in [9.17, 15) is 22.8 Å². The molecule has 1 N–H and O–H groups in total. The fourth-order valence-corrected chi connectivity index (χ4v) is 4.43. The van der Waals surface area contributed by atoms with E-state index in [1.165, 1.54) is 35.9 Å². The first kappa shape index (κ1) is 20.9. The van der Waals surface area contributed by atoms with Crippen molar-refractivity contribution in [1.82, 2.24) is 15.1 Å². The van der Waals surface area contributed by atoms with Crippen molar-refractivity contribution in [3.05, 3.63) is 30.3 Å². The summed E-state index contributed by atoms with van der Waals surface area (Å²) in [7, 11) is -1.94. The topological polar surface area (TPSA) is 104 Å². The van der Waals surface area contributed by atoms with Crippen molar-refractivity contribution in [3.8, 4) is 0 Å². The Balaban J connectivity index is 1.92. The lowest BCUT2D eigenvalue weighted by Crippen LogP contribution is -2.60. The highest BCUT2D eigenvalue weighted by Crippen LogP contribution is 2.15. The Labute approximate surface area is 159 Å². The third-order valence-electron chi connectivity index (χ3n) is 4.59. The van der Waals surface area contributed by atoms with Gasteiger partial charge in [0.15, 0.2) is 9.84 Å². The van der Waals surface area contributed by atoms with E-state index in [0.29, 0.717) is 6.54 Å². The predicted molar refractivity (Wildman–Crippen MR) is 99.6 cm³/mol. The van der Waals surface area contributed by atoms with Crippen LogP contribution in [0.4, 0.5) is 0 Å². The second-order valence-corrected chi connectivity index (χ2v) is 8.53. The summed E-state index contributed by atoms with van der Waals surface area (Å²) in [5, 5.41) is 2.51. The molecule has 8 nitrogen and oxygen atoms in total. The molecular weight excluding hydrogens is 370 g/mol. The predicted octanol–water partition coefficient (Wildman–Crippen LogP) is 0.0458. The highest BCUT2D eigenvalue weighted by atomic mass is 32.2. The van der Waals surface area contributed by atoms with Gasteiger partial charge in [-0.25, -0.2) is 8.42 Å². The van der Waals surface area contributed by atoms with Gasteiger partial charge < -0.3 is 15.1 Å². The zero-order valence-electron chi connectivity index (χ0n) is 15.6. The molecule has 1 saturated heterocycles. The quantitative estimate of drug-likeness (QED) is 0.733. The maximum Gasteiger partial charge on any atom is 0.244 e. The molecule has 2 rings (SSSR count). The van der Waals surface area contributed by atoms with Crippen LogP contribution in [-0.2, 0) is 24.2 Å². The van der Waals surface area contributed by atoms with E-state index in [0.717, 1.165) is 0 Å². The third-order valence-corrected chi connectivity index (χ3v) is 6.41. The number of nitrogens with zero attached hydrogens (tertiary/aromatic N) is 2. The average molecular weight is 395 g/mol. The second kappa shape index (κ2) is 8.98.